The number of hydrogen-bond acceptors (Lipinski definition) is 3. The Labute approximate surface area is 128 Å². The first-order valence-corrected chi connectivity index (χ1v) is 9.77. The van der Waals surface area contributed by atoms with E-state index in [0.29, 0.717) is 12.8 Å². The Balaban J connectivity index is 2.06. The Hall–Kier alpha value is -0.870. The van der Waals surface area contributed by atoms with E-state index >= 15 is 0 Å². The lowest BCUT2D eigenvalue weighted by molar-refractivity contribution is -0.0248. The molecule has 1 aliphatic rings. The normalized spacial score (nSPS) is 26.7. The molecule has 21 heavy (non-hydrogen) atoms. The molecule has 1 saturated carbocycles. The van der Waals surface area contributed by atoms with Gasteiger partial charge in [-0.05, 0) is 31.2 Å². The van der Waals surface area contributed by atoms with Gasteiger partial charge >= 0.3 is 0 Å². The van der Waals surface area contributed by atoms with Gasteiger partial charge in [0.2, 0.25) is 0 Å². The first-order valence-electron chi connectivity index (χ1n) is 7.94. The minimum absolute atomic E-state index is 0.136. The average Bonchev–Trinajstić information content (AvgIpc) is 2.48. The van der Waals surface area contributed by atoms with Crippen molar-refractivity contribution < 1.29 is 13.5 Å². The van der Waals surface area contributed by atoms with Gasteiger partial charge in [0.1, 0.15) is 9.84 Å². The van der Waals surface area contributed by atoms with Gasteiger partial charge in [0.25, 0.3) is 0 Å². The third-order valence-electron chi connectivity index (χ3n) is 4.71. The Kier molecular flexibility index (Phi) is 5.44. The molecular weight excluding hydrogens is 284 g/mol. The molecule has 1 fully saturated rings. The molecule has 4 heteroatoms. The first kappa shape index (κ1) is 16.5. The Morgan fingerprint density at radius 1 is 1.24 bits per heavy atom. The summed E-state index contributed by atoms with van der Waals surface area (Å²) < 4.78 is 23.2. The molecule has 0 heterocycles. The van der Waals surface area contributed by atoms with E-state index in [1.807, 2.05) is 18.2 Å². The van der Waals surface area contributed by atoms with E-state index in [9.17, 15) is 13.5 Å². The number of benzene rings is 1. The summed E-state index contributed by atoms with van der Waals surface area (Å²) in [5.41, 5.74) is 0.432. The maximum Gasteiger partial charge on any atom is 0.150 e. The van der Waals surface area contributed by atoms with E-state index in [0.717, 1.165) is 25.7 Å². The second-order valence-corrected chi connectivity index (χ2v) is 8.63. The van der Waals surface area contributed by atoms with Crippen LogP contribution >= 0.6 is 0 Å². The molecule has 3 nitrogen and oxygen atoms in total. The van der Waals surface area contributed by atoms with E-state index in [-0.39, 0.29) is 17.4 Å². The zero-order valence-electron chi connectivity index (χ0n) is 12.8. The highest BCUT2D eigenvalue weighted by Crippen LogP contribution is 2.43. The Morgan fingerprint density at radius 2 is 1.95 bits per heavy atom. The van der Waals surface area contributed by atoms with E-state index in [1.54, 1.807) is 6.92 Å². The van der Waals surface area contributed by atoms with Gasteiger partial charge in [-0.25, -0.2) is 8.42 Å². The third kappa shape index (κ3) is 4.30. The molecule has 0 aromatic heterocycles. The van der Waals surface area contributed by atoms with Crippen LogP contribution in [0.2, 0.25) is 0 Å². The molecule has 1 aromatic rings. The van der Waals surface area contributed by atoms with Crippen LogP contribution < -0.4 is 0 Å². The van der Waals surface area contributed by atoms with E-state index in [4.69, 9.17) is 0 Å². The molecule has 1 aliphatic carbocycles. The molecule has 0 radical (unpaired) electrons. The zero-order chi connectivity index (χ0) is 15.3. The van der Waals surface area contributed by atoms with Crippen molar-refractivity contribution in [1.82, 2.24) is 0 Å². The van der Waals surface area contributed by atoms with Gasteiger partial charge in [-0.2, -0.15) is 0 Å². The molecule has 1 N–H and O–H groups in total. The van der Waals surface area contributed by atoms with Crippen molar-refractivity contribution in [3.05, 3.63) is 35.9 Å². The summed E-state index contributed by atoms with van der Waals surface area (Å²) in [6.45, 7) is 1.68. The highest BCUT2D eigenvalue weighted by molar-refractivity contribution is 7.91. The van der Waals surface area contributed by atoms with Crippen LogP contribution in [0.15, 0.2) is 30.3 Å². The van der Waals surface area contributed by atoms with Crippen LogP contribution in [0.3, 0.4) is 0 Å². The highest BCUT2D eigenvalue weighted by atomic mass is 32.2. The number of aliphatic hydroxyl groups is 1. The summed E-state index contributed by atoms with van der Waals surface area (Å²) in [4.78, 5) is 0. The molecule has 0 aliphatic heterocycles. The van der Waals surface area contributed by atoms with E-state index in [1.165, 1.54) is 5.56 Å². The summed E-state index contributed by atoms with van der Waals surface area (Å²) in [7, 11) is -2.94. The largest absolute Gasteiger partial charge is 0.389 e. The fourth-order valence-corrected chi connectivity index (χ4v) is 4.30. The number of sulfone groups is 1. The molecule has 0 spiro atoms. The molecule has 0 amide bonds. The number of rotatable bonds is 6. The van der Waals surface area contributed by atoms with Crippen LogP contribution in [0.4, 0.5) is 0 Å². The van der Waals surface area contributed by atoms with Gasteiger partial charge in [-0.3, -0.25) is 0 Å². The fraction of sp³-hybridized carbons (Fsp3) is 0.647. The van der Waals surface area contributed by atoms with Crippen molar-refractivity contribution in [3.63, 3.8) is 0 Å². The smallest absolute Gasteiger partial charge is 0.150 e. The molecule has 118 valence electrons. The second-order valence-electron chi connectivity index (χ2n) is 6.15. The Bertz CT molecular complexity index is 538. The van der Waals surface area contributed by atoms with Crippen LogP contribution in [0.25, 0.3) is 0 Å². The average molecular weight is 310 g/mol. The van der Waals surface area contributed by atoms with Gasteiger partial charge in [0.05, 0.1) is 11.4 Å². The van der Waals surface area contributed by atoms with Crippen molar-refractivity contribution in [2.45, 2.75) is 57.0 Å². The molecule has 2 atom stereocenters. The maximum atomic E-state index is 11.6. The van der Waals surface area contributed by atoms with Gasteiger partial charge in [0, 0.05) is 11.7 Å². The lowest BCUT2D eigenvalue weighted by Crippen LogP contribution is -2.39. The van der Waals surface area contributed by atoms with Crippen molar-refractivity contribution in [3.8, 4) is 0 Å². The lowest BCUT2D eigenvalue weighted by atomic mass is 9.70. The summed E-state index contributed by atoms with van der Waals surface area (Å²) >= 11 is 0. The van der Waals surface area contributed by atoms with Crippen LogP contribution in [0, 0.1) is 0 Å². The monoisotopic (exact) mass is 310 g/mol. The predicted molar refractivity (Wildman–Crippen MR) is 86.2 cm³/mol. The first-order chi connectivity index (χ1) is 9.97. The minimum Gasteiger partial charge on any atom is -0.389 e. The van der Waals surface area contributed by atoms with E-state index in [2.05, 4.69) is 12.1 Å². The standard InChI is InChI=1S/C17H26O3S/c1-2-21(19,20)14-8-13-17(18)12-7-6-11-16(17)15-9-4-3-5-10-15/h3-5,9-10,16,18H,2,6-8,11-14H2,1H3. The molecule has 2 unspecified atom stereocenters. The van der Waals surface area contributed by atoms with Crippen LogP contribution in [-0.2, 0) is 9.84 Å². The topological polar surface area (TPSA) is 54.4 Å². The fourth-order valence-electron chi connectivity index (χ4n) is 3.43. The van der Waals surface area contributed by atoms with Crippen LogP contribution in [-0.4, -0.2) is 30.6 Å². The lowest BCUT2D eigenvalue weighted by Gasteiger charge is -2.40. The van der Waals surface area contributed by atoms with Gasteiger partial charge in [0.15, 0.2) is 0 Å². The molecule has 2 rings (SSSR count). The van der Waals surface area contributed by atoms with E-state index < -0.39 is 15.4 Å². The quantitative estimate of drug-likeness (QED) is 0.877. The summed E-state index contributed by atoms with van der Waals surface area (Å²) in [6.07, 6.45) is 5.05. The van der Waals surface area contributed by atoms with Gasteiger partial charge < -0.3 is 5.11 Å². The SMILES string of the molecule is CCS(=O)(=O)CCCC1(O)CCCCC1c1ccccc1. The van der Waals surface area contributed by atoms with Crippen LogP contribution in [0.1, 0.15) is 56.9 Å². The zero-order valence-corrected chi connectivity index (χ0v) is 13.6. The maximum absolute atomic E-state index is 11.6. The summed E-state index contributed by atoms with van der Waals surface area (Å²) in [5.74, 6) is 0.512. The van der Waals surface area contributed by atoms with Gasteiger partial charge in [-0.15, -0.1) is 0 Å². The second kappa shape index (κ2) is 6.93. The molecule has 0 bridgehead atoms. The molecular formula is C17H26O3S. The molecule has 1 aromatic carbocycles. The van der Waals surface area contributed by atoms with Gasteiger partial charge in [-0.1, -0.05) is 50.1 Å². The third-order valence-corrected chi connectivity index (χ3v) is 6.50. The van der Waals surface area contributed by atoms with Crippen molar-refractivity contribution >= 4 is 9.84 Å². The number of hydrogen-bond donors (Lipinski definition) is 1. The Morgan fingerprint density at radius 3 is 2.62 bits per heavy atom. The summed E-state index contributed by atoms with van der Waals surface area (Å²) in [6, 6.07) is 10.1. The molecule has 0 saturated heterocycles. The predicted octanol–water partition coefficient (Wildman–Crippen LogP) is 3.29. The summed E-state index contributed by atoms with van der Waals surface area (Å²) in [5, 5.41) is 11.1. The van der Waals surface area contributed by atoms with Crippen molar-refractivity contribution in [1.29, 1.82) is 0 Å². The van der Waals surface area contributed by atoms with Crippen molar-refractivity contribution in [2.24, 2.45) is 0 Å². The highest BCUT2D eigenvalue weighted by Gasteiger charge is 2.39. The van der Waals surface area contributed by atoms with Crippen LogP contribution in [0.5, 0.6) is 0 Å². The van der Waals surface area contributed by atoms with Crippen molar-refractivity contribution in [2.75, 3.05) is 11.5 Å². The minimum atomic E-state index is -2.94.